The summed E-state index contributed by atoms with van der Waals surface area (Å²) in [6.07, 6.45) is 9.83. The molecule has 0 aromatic heterocycles. The molecular weight excluding hydrogens is 400 g/mol. The van der Waals surface area contributed by atoms with Gasteiger partial charge in [-0.1, -0.05) is 31.2 Å². The molecule has 5 nitrogen and oxygen atoms in total. The fourth-order valence-electron chi connectivity index (χ4n) is 8.64. The molecule has 6 rings (SSSR count). The van der Waals surface area contributed by atoms with E-state index in [0.717, 1.165) is 37.9 Å². The molecule has 6 heteroatoms. The van der Waals surface area contributed by atoms with Crippen LogP contribution in [0.1, 0.15) is 72.1 Å². The van der Waals surface area contributed by atoms with Crippen LogP contribution in [0.5, 0.6) is 0 Å². The number of ketones is 1. The normalized spacial score (nSPS) is 50.8. The van der Waals surface area contributed by atoms with Gasteiger partial charge < -0.3 is 4.74 Å². The van der Waals surface area contributed by atoms with Crippen molar-refractivity contribution in [3.8, 4) is 0 Å². The molecule has 2 saturated heterocycles. The van der Waals surface area contributed by atoms with Crippen molar-refractivity contribution in [2.75, 3.05) is 6.61 Å². The molecule has 2 aliphatic heterocycles. The molecule has 7 atom stereocenters. The largest absolute Gasteiger partial charge is 0.374 e. The Kier molecular flexibility index (Phi) is 4.13. The number of carbonyl (C=O) groups is 2. The molecule has 0 amide bonds. The lowest BCUT2D eigenvalue weighted by molar-refractivity contribution is -0.144. The minimum absolute atomic E-state index is 0.0257. The number of hydrogen-bond acceptors (Lipinski definition) is 6. The third-order valence-electron chi connectivity index (χ3n) is 10.1. The second-order valence-corrected chi connectivity index (χ2v) is 12.4. The predicted octanol–water partition coefficient (Wildman–Crippen LogP) is 4.59. The highest BCUT2D eigenvalue weighted by atomic mass is 32.2. The number of fused-ring (bicyclic) bond motifs is 7. The quantitative estimate of drug-likeness (QED) is 0.446. The van der Waals surface area contributed by atoms with Gasteiger partial charge in [0.15, 0.2) is 10.9 Å². The molecule has 0 bridgehead atoms. The Labute approximate surface area is 182 Å². The first-order valence-electron chi connectivity index (χ1n) is 11.7. The number of thioether (sulfide) groups is 1. The second kappa shape index (κ2) is 6.21. The lowest BCUT2D eigenvalue weighted by atomic mass is 9.45. The van der Waals surface area contributed by atoms with Crippen LogP contribution in [0.2, 0.25) is 0 Å². The second-order valence-electron chi connectivity index (χ2n) is 11.0. The molecule has 4 aliphatic carbocycles. The van der Waals surface area contributed by atoms with Gasteiger partial charge in [0, 0.05) is 18.8 Å². The van der Waals surface area contributed by atoms with E-state index in [1.165, 1.54) is 31.0 Å². The maximum absolute atomic E-state index is 12.5. The zero-order valence-electron chi connectivity index (χ0n) is 18.2. The smallest absolute Gasteiger partial charge is 0.250 e. The third-order valence-corrected chi connectivity index (χ3v) is 11.2. The maximum atomic E-state index is 12.5. The molecule has 2 heterocycles. The standard InChI is InChI=1S/C24H32O5S/c1-14(25)30-19-12-15-11-16(26)13-24(28-29-24)22(15,3)18-5-8-21(2)17(20(18)19)6-9-23(21)7-4-10-27-23/h11,17-20H,4-10,12-13H2,1-3H3/t17-,18-,19?,20-,21-,22-,23?/m0/s1. The summed E-state index contributed by atoms with van der Waals surface area (Å²) in [6.45, 7) is 7.31. The minimum Gasteiger partial charge on any atom is -0.374 e. The predicted molar refractivity (Wildman–Crippen MR) is 112 cm³/mol. The monoisotopic (exact) mass is 432 g/mol. The lowest BCUT2D eigenvalue weighted by Crippen LogP contribution is -2.61. The maximum Gasteiger partial charge on any atom is 0.250 e. The van der Waals surface area contributed by atoms with E-state index < -0.39 is 5.79 Å². The molecule has 30 heavy (non-hydrogen) atoms. The van der Waals surface area contributed by atoms with E-state index in [-0.39, 0.29) is 32.6 Å². The van der Waals surface area contributed by atoms with Crippen LogP contribution in [-0.2, 0) is 24.1 Å². The molecule has 164 valence electrons. The minimum atomic E-state index is -0.781. The van der Waals surface area contributed by atoms with Crippen molar-refractivity contribution < 1.29 is 24.1 Å². The lowest BCUT2D eigenvalue weighted by Gasteiger charge is -2.61. The van der Waals surface area contributed by atoms with Gasteiger partial charge in [0.25, 0.3) is 5.79 Å². The van der Waals surface area contributed by atoms with Crippen LogP contribution in [0.4, 0.5) is 0 Å². The number of rotatable bonds is 1. The molecule has 0 aromatic rings. The SMILES string of the molecule is CC(=O)SC1CC2=CC(=O)CC3(OO3)[C@]2(C)[C@H]2CC[C@@]3(C)[C@@H](CCC34CCCO4)[C@H]12. The van der Waals surface area contributed by atoms with Crippen molar-refractivity contribution in [1.29, 1.82) is 0 Å². The molecule has 5 fully saturated rings. The van der Waals surface area contributed by atoms with Gasteiger partial charge in [-0.2, -0.15) is 9.78 Å². The third kappa shape index (κ3) is 2.32. The summed E-state index contributed by atoms with van der Waals surface area (Å²) in [5, 5.41) is 0.394. The zero-order valence-corrected chi connectivity index (χ0v) is 19.0. The van der Waals surface area contributed by atoms with E-state index in [2.05, 4.69) is 13.8 Å². The molecule has 3 saturated carbocycles. The van der Waals surface area contributed by atoms with Crippen LogP contribution in [0.25, 0.3) is 0 Å². The van der Waals surface area contributed by atoms with Gasteiger partial charge in [0.05, 0.1) is 17.4 Å². The average Bonchev–Trinajstić information content (AvgIpc) is 3.18. The van der Waals surface area contributed by atoms with E-state index in [1.807, 2.05) is 6.08 Å². The van der Waals surface area contributed by atoms with Gasteiger partial charge in [-0.05, 0) is 74.2 Å². The van der Waals surface area contributed by atoms with Crippen LogP contribution in [0.3, 0.4) is 0 Å². The molecule has 6 aliphatic rings. The van der Waals surface area contributed by atoms with E-state index in [0.29, 0.717) is 24.2 Å². The van der Waals surface area contributed by atoms with Gasteiger partial charge in [0.1, 0.15) is 0 Å². The van der Waals surface area contributed by atoms with Crippen LogP contribution >= 0.6 is 11.8 Å². The Balaban J connectivity index is 1.45. The van der Waals surface area contributed by atoms with Crippen molar-refractivity contribution in [2.45, 2.75) is 88.8 Å². The van der Waals surface area contributed by atoms with Crippen molar-refractivity contribution in [3.05, 3.63) is 11.6 Å². The van der Waals surface area contributed by atoms with Gasteiger partial charge in [0.2, 0.25) is 0 Å². The fourth-order valence-corrected chi connectivity index (χ4v) is 9.86. The average molecular weight is 433 g/mol. The Bertz CT molecular complexity index is 841. The first kappa shape index (κ1) is 20.0. The Hall–Kier alpha value is -0.690. The summed E-state index contributed by atoms with van der Waals surface area (Å²) in [5.41, 5.74) is 1.05. The first-order valence-corrected chi connectivity index (χ1v) is 12.5. The molecular formula is C24H32O5S. The van der Waals surface area contributed by atoms with E-state index in [1.54, 1.807) is 6.92 Å². The molecule has 2 spiro atoms. The summed E-state index contributed by atoms with van der Waals surface area (Å²) in [7, 11) is 0. The van der Waals surface area contributed by atoms with E-state index in [9.17, 15) is 9.59 Å². The molecule has 0 radical (unpaired) electrons. The van der Waals surface area contributed by atoms with Crippen LogP contribution in [0.15, 0.2) is 11.6 Å². The Morgan fingerprint density at radius 1 is 1.13 bits per heavy atom. The zero-order chi connectivity index (χ0) is 20.9. The van der Waals surface area contributed by atoms with Crippen molar-refractivity contribution in [1.82, 2.24) is 0 Å². The van der Waals surface area contributed by atoms with Crippen LogP contribution < -0.4 is 0 Å². The van der Waals surface area contributed by atoms with Crippen molar-refractivity contribution >= 4 is 22.7 Å². The highest BCUT2D eigenvalue weighted by Crippen LogP contribution is 2.73. The Morgan fingerprint density at radius 2 is 1.90 bits per heavy atom. The molecule has 2 unspecified atom stereocenters. The highest BCUT2D eigenvalue weighted by molar-refractivity contribution is 8.14. The number of hydrogen-bond donors (Lipinski definition) is 0. The summed E-state index contributed by atoms with van der Waals surface area (Å²) < 4.78 is 6.49. The summed E-state index contributed by atoms with van der Waals surface area (Å²) in [5.74, 6) is 0.625. The van der Waals surface area contributed by atoms with Crippen molar-refractivity contribution in [2.24, 2.45) is 28.6 Å². The summed E-state index contributed by atoms with van der Waals surface area (Å²) >= 11 is 1.50. The van der Waals surface area contributed by atoms with Gasteiger partial charge in [-0.25, -0.2) is 0 Å². The van der Waals surface area contributed by atoms with Crippen LogP contribution in [0, 0.1) is 28.6 Å². The van der Waals surface area contributed by atoms with Crippen molar-refractivity contribution in [3.63, 3.8) is 0 Å². The number of carbonyl (C=O) groups excluding carboxylic acids is 2. The topological polar surface area (TPSA) is 68.4 Å². The van der Waals surface area contributed by atoms with Gasteiger partial charge in [-0.15, -0.1) is 0 Å². The van der Waals surface area contributed by atoms with Gasteiger partial charge >= 0.3 is 0 Å². The van der Waals surface area contributed by atoms with Crippen LogP contribution in [-0.4, -0.2) is 34.1 Å². The molecule has 0 aromatic carbocycles. The summed E-state index contributed by atoms with van der Waals surface area (Å²) in [4.78, 5) is 36.0. The first-order chi connectivity index (χ1) is 14.2. The Morgan fingerprint density at radius 3 is 2.57 bits per heavy atom. The van der Waals surface area contributed by atoms with E-state index >= 15 is 0 Å². The van der Waals surface area contributed by atoms with Gasteiger partial charge in [-0.3, -0.25) is 9.59 Å². The summed E-state index contributed by atoms with van der Waals surface area (Å²) in [6, 6.07) is 0. The fraction of sp³-hybridized carbons (Fsp3) is 0.833. The van der Waals surface area contributed by atoms with E-state index in [4.69, 9.17) is 14.5 Å². The number of ether oxygens (including phenoxy) is 1. The highest BCUT2D eigenvalue weighted by Gasteiger charge is 2.75. The molecule has 0 N–H and O–H groups in total.